The Kier molecular flexibility index (Phi) is 11.7. The first-order valence-electron chi connectivity index (χ1n) is 12.4. The lowest BCUT2D eigenvalue weighted by atomic mass is 9.81. The molecular weight excluding hydrogens is 364 g/mol. The Morgan fingerprint density at radius 3 is 2.07 bits per heavy atom. The van der Waals surface area contributed by atoms with E-state index < -0.39 is 0 Å². The summed E-state index contributed by atoms with van der Waals surface area (Å²) in [6.07, 6.45) is 17.5. The molecule has 0 heterocycles. The normalized spacial score (nSPS) is 23.1. The lowest BCUT2D eigenvalue weighted by Gasteiger charge is -2.29. The van der Waals surface area contributed by atoms with Crippen LogP contribution in [0.4, 0.5) is 0 Å². The molecule has 2 unspecified atom stereocenters. The van der Waals surface area contributed by atoms with Crippen molar-refractivity contribution in [2.75, 3.05) is 6.61 Å². The van der Waals surface area contributed by atoms with Gasteiger partial charge in [-0.3, -0.25) is 9.59 Å². The van der Waals surface area contributed by atoms with Crippen LogP contribution < -0.4 is 0 Å². The first kappa shape index (κ1) is 24.2. The number of unbranched alkanes of at least 4 members (excludes halogenated alkanes) is 5. The van der Waals surface area contributed by atoms with Gasteiger partial charge in [0.15, 0.2) is 0 Å². The van der Waals surface area contributed by atoms with Crippen molar-refractivity contribution in [3.63, 3.8) is 0 Å². The van der Waals surface area contributed by atoms with E-state index in [9.17, 15) is 9.59 Å². The Hall–Kier alpha value is -1.06. The summed E-state index contributed by atoms with van der Waals surface area (Å²) in [6.45, 7) is 5.09. The molecule has 0 aromatic carbocycles. The molecule has 0 bridgehead atoms. The molecular formula is C25H44O4. The smallest absolute Gasteiger partial charge is 0.309 e. The maximum absolute atomic E-state index is 12.5. The average Bonchev–Trinajstić information content (AvgIpc) is 2.73. The van der Waals surface area contributed by atoms with Gasteiger partial charge in [0.05, 0.1) is 18.4 Å². The Morgan fingerprint density at radius 1 is 0.759 bits per heavy atom. The molecule has 2 fully saturated rings. The summed E-state index contributed by atoms with van der Waals surface area (Å²) in [5, 5.41) is 0. The van der Waals surface area contributed by atoms with Crippen LogP contribution in [0.15, 0.2) is 0 Å². The molecule has 2 saturated carbocycles. The second-order valence-corrected chi connectivity index (χ2v) is 9.73. The quantitative estimate of drug-likeness (QED) is 0.270. The molecule has 4 nitrogen and oxygen atoms in total. The third-order valence-corrected chi connectivity index (χ3v) is 6.60. The second-order valence-electron chi connectivity index (χ2n) is 9.73. The summed E-state index contributed by atoms with van der Waals surface area (Å²) < 4.78 is 11.3. The molecule has 2 rings (SSSR count). The van der Waals surface area contributed by atoms with Gasteiger partial charge in [-0.2, -0.15) is 0 Å². The highest BCUT2D eigenvalue weighted by molar-refractivity contribution is 5.76. The first-order valence-corrected chi connectivity index (χ1v) is 12.4. The van der Waals surface area contributed by atoms with Crippen LogP contribution in [-0.4, -0.2) is 24.6 Å². The topological polar surface area (TPSA) is 52.6 Å². The zero-order chi connectivity index (χ0) is 20.9. The van der Waals surface area contributed by atoms with Gasteiger partial charge in [-0.05, 0) is 57.3 Å². The van der Waals surface area contributed by atoms with Crippen molar-refractivity contribution in [1.82, 2.24) is 0 Å². The lowest BCUT2D eigenvalue weighted by Crippen LogP contribution is -2.32. The fourth-order valence-corrected chi connectivity index (χ4v) is 4.71. The van der Waals surface area contributed by atoms with Gasteiger partial charge in [0.25, 0.3) is 0 Å². The summed E-state index contributed by atoms with van der Waals surface area (Å²) in [5.74, 6) is 0.393. The maximum Gasteiger partial charge on any atom is 0.309 e. The van der Waals surface area contributed by atoms with Gasteiger partial charge >= 0.3 is 11.9 Å². The number of rotatable bonds is 12. The highest BCUT2D eigenvalue weighted by Crippen LogP contribution is 2.32. The van der Waals surface area contributed by atoms with Crippen LogP contribution in [0.5, 0.6) is 0 Å². The predicted octanol–water partition coefficient (Wildman–Crippen LogP) is 6.60. The Balaban J connectivity index is 1.54. The number of ether oxygens (including phenoxy) is 2. The molecule has 0 aromatic heterocycles. The first-order chi connectivity index (χ1) is 14.1. The van der Waals surface area contributed by atoms with Crippen LogP contribution in [-0.2, 0) is 19.1 Å². The molecule has 4 heteroatoms. The summed E-state index contributed by atoms with van der Waals surface area (Å²) >= 11 is 0. The van der Waals surface area contributed by atoms with Crippen LogP contribution in [0.1, 0.15) is 117 Å². The Morgan fingerprint density at radius 2 is 1.38 bits per heavy atom. The summed E-state index contributed by atoms with van der Waals surface area (Å²) in [7, 11) is 0. The predicted molar refractivity (Wildman–Crippen MR) is 117 cm³/mol. The van der Waals surface area contributed by atoms with E-state index in [0.717, 1.165) is 63.7 Å². The van der Waals surface area contributed by atoms with E-state index in [4.69, 9.17) is 9.47 Å². The van der Waals surface area contributed by atoms with Crippen molar-refractivity contribution < 1.29 is 19.1 Å². The lowest BCUT2D eigenvalue weighted by molar-refractivity contribution is -0.159. The van der Waals surface area contributed by atoms with Crippen molar-refractivity contribution in [3.05, 3.63) is 0 Å². The fraction of sp³-hybridized carbons (Fsp3) is 0.920. The summed E-state index contributed by atoms with van der Waals surface area (Å²) in [6, 6.07) is 0. The van der Waals surface area contributed by atoms with Crippen molar-refractivity contribution in [1.29, 1.82) is 0 Å². The molecule has 0 N–H and O–H groups in total. The van der Waals surface area contributed by atoms with E-state index >= 15 is 0 Å². The number of esters is 2. The SMILES string of the molecule is CC(C)CCCCCCCCOC(=O)C1CCCC(C(=O)OC2CCCCC2)C1. The molecule has 168 valence electrons. The Bertz CT molecular complexity index is 467. The standard InChI is InChI=1S/C25H44O4/c1-20(2)13-8-5-3-4-6-11-18-28-24(26)21-14-12-15-22(19-21)25(27)29-23-16-9-7-10-17-23/h20-23H,3-19H2,1-2H3. The van der Waals surface area contributed by atoms with Crippen LogP contribution in [0.2, 0.25) is 0 Å². The molecule has 2 aliphatic carbocycles. The number of carbonyl (C=O) groups is 2. The summed E-state index contributed by atoms with van der Waals surface area (Å²) in [4.78, 5) is 24.9. The van der Waals surface area contributed by atoms with Crippen molar-refractivity contribution in [2.45, 2.75) is 123 Å². The van der Waals surface area contributed by atoms with Crippen LogP contribution in [0.3, 0.4) is 0 Å². The molecule has 0 spiro atoms. The molecule has 0 saturated heterocycles. The summed E-state index contributed by atoms with van der Waals surface area (Å²) in [5.41, 5.74) is 0. The number of carbonyl (C=O) groups excluding carboxylic acids is 2. The van der Waals surface area contributed by atoms with Crippen molar-refractivity contribution in [2.24, 2.45) is 17.8 Å². The average molecular weight is 409 g/mol. The van der Waals surface area contributed by atoms with Gasteiger partial charge < -0.3 is 9.47 Å². The van der Waals surface area contributed by atoms with E-state index in [1.165, 1.54) is 38.5 Å². The minimum Gasteiger partial charge on any atom is -0.465 e. The van der Waals surface area contributed by atoms with E-state index in [1.807, 2.05) is 0 Å². The van der Waals surface area contributed by atoms with Crippen LogP contribution >= 0.6 is 0 Å². The van der Waals surface area contributed by atoms with E-state index in [-0.39, 0.29) is 29.9 Å². The van der Waals surface area contributed by atoms with Gasteiger partial charge in [0.2, 0.25) is 0 Å². The number of hydrogen-bond acceptors (Lipinski definition) is 4. The van der Waals surface area contributed by atoms with Crippen LogP contribution in [0, 0.1) is 17.8 Å². The molecule has 2 aliphatic rings. The van der Waals surface area contributed by atoms with E-state index in [0.29, 0.717) is 13.0 Å². The van der Waals surface area contributed by atoms with Gasteiger partial charge in [-0.1, -0.05) is 65.2 Å². The van der Waals surface area contributed by atoms with Gasteiger partial charge in [-0.15, -0.1) is 0 Å². The van der Waals surface area contributed by atoms with Crippen molar-refractivity contribution in [3.8, 4) is 0 Å². The second kappa shape index (κ2) is 14.0. The minimum absolute atomic E-state index is 0.0770. The van der Waals surface area contributed by atoms with Gasteiger partial charge in [0.1, 0.15) is 6.10 Å². The molecule has 0 radical (unpaired) electrons. The maximum atomic E-state index is 12.5. The molecule has 0 aromatic rings. The number of hydrogen-bond donors (Lipinski definition) is 0. The minimum atomic E-state index is -0.122. The molecule has 0 amide bonds. The highest BCUT2D eigenvalue weighted by atomic mass is 16.5. The van der Waals surface area contributed by atoms with Gasteiger partial charge in [-0.25, -0.2) is 0 Å². The monoisotopic (exact) mass is 408 g/mol. The van der Waals surface area contributed by atoms with E-state index in [1.54, 1.807) is 0 Å². The molecule has 29 heavy (non-hydrogen) atoms. The fourth-order valence-electron chi connectivity index (χ4n) is 4.71. The Labute approximate surface area is 178 Å². The third kappa shape index (κ3) is 10.00. The van der Waals surface area contributed by atoms with Crippen molar-refractivity contribution >= 4 is 11.9 Å². The molecule has 2 atom stereocenters. The van der Waals surface area contributed by atoms with E-state index in [2.05, 4.69) is 13.8 Å². The van der Waals surface area contributed by atoms with Crippen LogP contribution in [0.25, 0.3) is 0 Å². The zero-order valence-electron chi connectivity index (χ0n) is 19.0. The third-order valence-electron chi connectivity index (χ3n) is 6.60. The highest BCUT2D eigenvalue weighted by Gasteiger charge is 2.34. The van der Waals surface area contributed by atoms with Gasteiger partial charge in [0, 0.05) is 0 Å². The molecule has 0 aliphatic heterocycles. The largest absolute Gasteiger partial charge is 0.465 e. The zero-order valence-corrected chi connectivity index (χ0v) is 19.0.